The van der Waals surface area contributed by atoms with Crippen molar-refractivity contribution in [1.82, 2.24) is 16.0 Å². The minimum Gasteiger partial charge on any atom is -0.508 e. The molecule has 0 aliphatic rings. The quantitative estimate of drug-likeness (QED) is 0.0876. The second-order valence-electron chi connectivity index (χ2n) is 8.06. The Balaban J connectivity index is 2.99. The van der Waals surface area contributed by atoms with Crippen molar-refractivity contribution in [2.45, 2.75) is 56.3 Å². The maximum Gasteiger partial charge on any atom is 0.326 e. The number of aliphatic carboxylic acids is 2. The third-order valence-corrected chi connectivity index (χ3v) is 5.49. The van der Waals surface area contributed by atoms with Gasteiger partial charge in [0.15, 0.2) is 0 Å². The minimum atomic E-state index is -1.71. The van der Waals surface area contributed by atoms with Crippen molar-refractivity contribution in [1.29, 1.82) is 0 Å². The number of aromatic hydroxyl groups is 1. The predicted octanol–water partition coefficient (Wildman–Crippen LogP) is -1.67. The lowest BCUT2D eigenvalue weighted by Crippen LogP contribution is -2.58. The summed E-state index contributed by atoms with van der Waals surface area (Å²) in [5.41, 5.74) is 12.0. The van der Waals surface area contributed by atoms with Gasteiger partial charge in [-0.15, -0.1) is 0 Å². The molecule has 1 rings (SSSR count). The van der Waals surface area contributed by atoms with E-state index in [9.17, 15) is 29.1 Å². The zero-order valence-electron chi connectivity index (χ0n) is 19.6. The number of carbonyl (C=O) groups excluding carboxylic acids is 3. The molecule has 0 spiro atoms. The van der Waals surface area contributed by atoms with Crippen LogP contribution in [0, 0.1) is 0 Å². The number of thiol groups is 1. The van der Waals surface area contributed by atoms with E-state index in [0.717, 1.165) is 0 Å². The van der Waals surface area contributed by atoms with Gasteiger partial charge in [0.25, 0.3) is 0 Å². The molecule has 0 saturated carbocycles. The molecule has 0 fully saturated rings. The van der Waals surface area contributed by atoms with Crippen LogP contribution in [0.5, 0.6) is 5.75 Å². The van der Waals surface area contributed by atoms with Crippen LogP contribution in [-0.4, -0.2) is 81.4 Å². The Labute approximate surface area is 213 Å². The second kappa shape index (κ2) is 15.6. The summed E-state index contributed by atoms with van der Waals surface area (Å²) in [5, 5.41) is 34.5. The number of amides is 3. The van der Waals surface area contributed by atoms with Crippen LogP contribution in [-0.2, 0) is 30.4 Å². The van der Waals surface area contributed by atoms with E-state index in [-0.39, 0.29) is 17.9 Å². The number of unbranched alkanes of at least 4 members (excludes halogenated alkanes) is 1. The lowest BCUT2D eigenvalue weighted by molar-refractivity contribution is -0.147. The molecule has 0 saturated heterocycles. The smallest absolute Gasteiger partial charge is 0.326 e. The first-order valence-corrected chi connectivity index (χ1v) is 11.8. The van der Waals surface area contributed by atoms with Crippen molar-refractivity contribution in [3.8, 4) is 5.75 Å². The molecule has 0 aromatic heterocycles. The highest BCUT2D eigenvalue weighted by molar-refractivity contribution is 7.80. The monoisotopic (exact) mass is 527 g/mol. The van der Waals surface area contributed by atoms with Gasteiger partial charge in [-0.3, -0.25) is 19.2 Å². The number of hydrogen-bond acceptors (Lipinski definition) is 9. The molecule has 1 aromatic carbocycles. The van der Waals surface area contributed by atoms with Crippen molar-refractivity contribution in [2.24, 2.45) is 11.5 Å². The van der Waals surface area contributed by atoms with Crippen molar-refractivity contribution >= 4 is 42.3 Å². The van der Waals surface area contributed by atoms with Gasteiger partial charge in [-0.25, -0.2) is 4.79 Å². The molecule has 36 heavy (non-hydrogen) atoms. The van der Waals surface area contributed by atoms with E-state index >= 15 is 0 Å². The maximum atomic E-state index is 13.0. The predicted molar refractivity (Wildman–Crippen MR) is 132 cm³/mol. The number of carbonyl (C=O) groups is 5. The van der Waals surface area contributed by atoms with Crippen molar-refractivity contribution in [2.75, 3.05) is 12.3 Å². The zero-order valence-corrected chi connectivity index (χ0v) is 20.4. The molecule has 1 aromatic rings. The fourth-order valence-corrected chi connectivity index (χ4v) is 3.37. The Bertz CT molecular complexity index is 914. The molecule has 4 unspecified atom stereocenters. The average Bonchev–Trinajstić information content (AvgIpc) is 2.82. The largest absolute Gasteiger partial charge is 0.508 e. The minimum absolute atomic E-state index is 0.00636. The second-order valence-corrected chi connectivity index (χ2v) is 8.43. The number of phenolic OH excluding ortho intramolecular Hbond substituents is 1. The highest BCUT2D eigenvalue weighted by atomic mass is 32.1. The molecular weight excluding hydrogens is 494 g/mol. The number of phenols is 1. The van der Waals surface area contributed by atoms with Gasteiger partial charge in [-0.1, -0.05) is 18.6 Å². The third kappa shape index (κ3) is 10.9. The molecule has 13 nitrogen and oxygen atoms in total. The van der Waals surface area contributed by atoms with E-state index in [4.69, 9.17) is 21.7 Å². The number of nitrogens with one attached hydrogen (secondary N) is 3. The SMILES string of the molecule is NCCCCC(N)C(=O)NC(Cc1ccc(O)cc1)C(=O)NC(CS)C(=O)NC(CC(=O)O)C(=O)O. The molecule has 14 heteroatoms. The molecular formula is C22H33N5O8S. The van der Waals surface area contributed by atoms with Crippen LogP contribution >= 0.6 is 12.6 Å². The van der Waals surface area contributed by atoms with Crippen molar-refractivity contribution < 1.29 is 39.3 Å². The third-order valence-electron chi connectivity index (χ3n) is 5.12. The van der Waals surface area contributed by atoms with E-state index in [1.807, 2.05) is 0 Å². The van der Waals surface area contributed by atoms with Crippen molar-refractivity contribution in [3.63, 3.8) is 0 Å². The molecule has 0 aliphatic heterocycles. The summed E-state index contributed by atoms with van der Waals surface area (Å²) < 4.78 is 0. The van der Waals surface area contributed by atoms with E-state index in [1.165, 1.54) is 12.1 Å². The van der Waals surface area contributed by atoms with Gasteiger partial charge in [0.2, 0.25) is 17.7 Å². The summed E-state index contributed by atoms with van der Waals surface area (Å²) in [5.74, 6) is -5.55. The van der Waals surface area contributed by atoms with Crippen LogP contribution in [0.1, 0.15) is 31.2 Å². The number of nitrogens with two attached hydrogens (primary N) is 2. The number of rotatable bonds is 16. The molecule has 10 N–H and O–H groups in total. The molecule has 4 atom stereocenters. The summed E-state index contributed by atoms with van der Waals surface area (Å²) in [7, 11) is 0. The summed E-state index contributed by atoms with van der Waals surface area (Å²) in [6.07, 6.45) is 0.762. The van der Waals surface area contributed by atoms with Gasteiger partial charge in [-0.05, 0) is 37.1 Å². The fraction of sp³-hybridized carbons (Fsp3) is 0.500. The van der Waals surface area contributed by atoms with Gasteiger partial charge >= 0.3 is 11.9 Å². The molecule has 0 radical (unpaired) electrons. The van der Waals surface area contributed by atoms with E-state index in [0.29, 0.717) is 31.4 Å². The summed E-state index contributed by atoms with van der Waals surface area (Å²) in [6.45, 7) is 0.447. The Morgan fingerprint density at radius 1 is 0.861 bits per heavy atom. The van der Waals surface area contributed by atoms with Gasteiger partial charge in [0.1, 0.15) is 23.9 Å². The molecule has 0 aliphatic carbocycles. The molecule has 0 heterocycles. The summed E-state index contributed by atoms with van der Waals surface area (Å²) >= 11 is 4.02. The van der Waals surface area contributed by atoms with E-state index < -0.39 is 60.2 Å². The van der Waals surface area contributed by atoms with Crippen LogP contribution in [0.2, 0.25) is 0 Å². The van der Waals surface area contributed by atoms with Crippen molar-refractivity contribution in [3.05, 3.63) is 29.8 Å². The lowest BCUT2D eigenvalue weighted by atomic mass is 10.0. The first kappa shape index (κ1) is 30.7. The zero-order chi connectivity index (χ0) is 27.3. The van der Waals surface area contributed by atoms with Crippen LogP contribution in [0.3, 0.4) is 0 Å². The Hall–Kier alpha value is -3.36. The summed E-state index contributed by atoms with van der Waals surface area (Å²) in [6, 6.07) is 0.800. The van der Waals surface area contributed by atoms with Crippen LogP contribution in [0.4, 0.5) is 0 Å². The van der Waals surface area contributed by atoms with Crippen LogP contribution in [0.15, 0.2) is 24.3 Å². The maximum absolute atomic E-state index is 13.0. The van der Waals surface area contributed by atoms with Gasteiger partial charge in [0.05, 0.1) is 12.5 Å². The standard InChI is InChI=1S/C22H33N5O8S/c23-8-2-1-3-14(24)19(31)25-15(9-12-4-6-13(28)7-5-12)20(32)27-17(11-36)21(33)26-16(22(34)35)10-18(29)30/h4-7,14-17,28,36H,1-3,8-11,23-24H2,(H,25,31)(H,26,33)(H,27,32)(H,29,30)(H,34,35). The van der Waals surface area contributed by atoms with E-state index in [1.54, 1.807) is 12.1 Å². The summed E-state index contributed by atoms with van der Waals surface area (Å²) in [4.78, 5) is 60.3. The molecule has 3 amide bonds. The Morgan fingerprint density at radius 3 is 1.94 bits per heavy atom. The number of carboxylic acids is 2. The van der Waals surface area contributed by atoms with Gasteiger partial charge in [-0.2, -0.15) is 12.6 Å². The highest BCUT2D eigenvalue weighted by Gasteiger charge is 2.30. The van der Waals surface area contributed by atoms with Gasteiger partial charge in [0, 0.05) is 12.2 Å². The average molecular weight is 528 g/mol. The fourth-order valence-electron chi connectivity index (χ4n) is 3.11. The number of hydrogen-bond donors (Lipinski definition) is 9. The van der Waals surface area contributed by atoms with E-state index in [2.05, 4.69) is 28.6 Å². The molecule has 200 valence electrons. The Morgan fingerprint density at radius 2 is 1.42 bits per heavy atom. The lowest BCUT2D eigenvalue weighted by Gasteiger charge is -2.24. The number of carboxylic acid groups (broad SMARTS) is 2. The van der Waals surface area contributed by atoms with Crippen LogP contribution in [0.25, 0.3) is 0 Å². The Kier molecular flexibility index (Phi) is 13.3. The number of benzene rings is 1. The highest BCUT2D eigenvalue weighted by Crippen LogP contribution is 2.12. The normalized spacial score (nSPS) is 14.1. The van der Waals surface area contributed by atoms with Crippen LogP contribution < -0.4 is 27.4 Å². The molecule has 0 bridgehead atoms. The first-order valence-electron chi connectivity index (χ1n) is 11.2. The first-order chi connectivity index (χ1) is 17.0. The topological polar surface area (TPSA) is 234 Å². The van der Waals surface area contributed by atoms with Gasteiger partial charge < -0.3 is 42.7 Å².